The molecule has 0 heterocycles. The maximum absolute atomic E-state index is 11.7. The van der Waals surface area contributed by atoms with Crippen molar-refractivity contribution in [3.8, 4) is 0 Å². The van der Waals surface area contributed by atoms with E-state index in [1.807, 2.05) is 6.07 Å². The highest BCUT2D eigenvalue weighted by molar-refractivity contribution is 5.90. The summed E-state index contributed by atoms with van der Waals surface area (Å²) in [4.78, 5) is 22.7. The van der Waals surface area contributed by atoms with Crippen molar-refractivity contribution in [2.24, 2.45) is 5.92 Å². The first kappa shape index (κ1) is 12.0. The van der Waals surface area contributed by atoms with Gasteiger partial charge in [-0.05, 0) is 29.5 Å². The molecule has 1 saturated carbocycles. The largest absolute Gasteiger partial charge is 0.351 e. The van der Waals surface area contributed by atoms with Crippen LogP contribution in [0.5, 0.6) is 0 Å². The number of carbonyl (C=O) groups is 2. The fourth-order valence-corrected chi connectivity index (χ4v) is 3.02. The summed E-state index contributed by atoms with van der Waals surface area (Å²) < 4.78 is 0. The maximum atomic E-state index is 11.7. The van der Waals surface area contributed by atoms with Crippen LogP contribution in [-0.4, -0.2) is 24.4 Å². The molecule has 98 valence electrons. The molecule has 0 radical (unpaired) electrons. The lowest BCUT2D eigenvalue weighted by Crippen LogP contribution is -2.38. The molecule has 2 N–H and O–H groups in total. The van der Waals surface area contributed by atoms with Crippen molar-refractivity contribution in [3.05, 3.63) is 48.0 Å². The van der Waals surface area contributed by atoms with Crippen molar-refractivity contribution in [2.45, 2.75) is 18.4 Å². The molecule has 3 atom stereocenters. The molecule has 0 saturated heterocycles. The van der Waals surface area contributed by atoms with Gasteiger partial charge < -0.3 is 10.6 Å². The molecule has 0 aliphatic heterocycles. The maximum Gasteiger partial charge on any atom is 0.243 e. The second kappa shape index (κ2) is 4.53. The molecular weight excluding hydrogens is 240 g/mol. The standard InChI is InChI=1S/C15H16N2O2/c1-2-12(18)16-8-13(19)17-15-11-7-9-5-3-4-6-10(9)14(11)15/h2-6,11,14-15H,1,7-8H2,(H,16,18)(H,17,19)/t11-,14+,15+/m0/s1. The highest BCUT2D eigenvalue weighted by Gasteiger charge is 2.56. The lowest BCUT2D eigenvalue weighted by Gasteiger charge is -2.09. The van der Waals surface area contributed by atoms with Crippen molar-refractivity contribution >= 4 is 11.8 Å². The Morgan fingerprint density at radius 1 is 1.37 bits per heavy atom. The van der Waals surface area contributed by atoms with Crippen molar-refractivity contribution in [1.82, 2.24) is 10.6 Å². The number of amides is 2. The van der Waals surface area contributed by atoms with E-state index in [-0.39, 0.29) is 24.4 Å². The van der Waals surface area contributed by atoms with Crippen LogP contribution in [0.4, 0.5) is 0 Å². The number of carbonyl (C=O) groups excluding carboxylic acids is 2. The Balaban J connectivity index is 1.54. The van der Waals surface area contributed by atoms with Crippen LogP contribution in [-0.2, 0) is 16.0 Å². The van der Waals surface area contributed by atoms with Crippen LogP contribution in [0.3, 0.4) is 0 Å². The van der Waals surface area contributed by atoms with Crippen LogP contribution in [0.25, 0.3) is 0 Å². The Labute approximate surface area is 111 Å². The first-order valence-corrected chi connectivity index (χ1v) is 6.48. The van der Waals surface area contributed by atoms with Crippen molar-refractivity contribution in [2.75, 3.05) is 6.54 Å². The van der Waals surface area contributed by atoms with Gasteiger partial charge in [-0.15, -0.1) is 0 Å². The Morgan fingerprint density at radius 2 is 2.16 bits per heavy atom. The summed E-state index contributed by atoms with van der Waals surface area (Å²) >= 11 is 0. The zero-order valence-electron chi connectivity index (χ0n) is 10.6. The number of nitrogens with one attached hydrogen (secondary N) is 2. The van der Waals surface area contributed by atoms with E-state index in [2.05, 4.69) is 35.4 Å². The van der Waals surface area contributed by atoms with Gasteiger partial charge in [0.1, 0.15) is 0 Å². The first-order chi connectivity index (χ1) is 9.20. The molecular formula is C15H16N2O2. The minimum absolute atomic E-state index is 0.0163. The van der Waals surface area contributed by atoms with E-state index in [0.717, 1.165) is 12.5 Å². The predicted octanol–water partition coefficient (Wildman–Crippen LogP) is 0.743. The Bertz CT molecular complexity index is 553. The monoisotopic (exact) mass is 256 g/mol. The van der Waals surface area contributed by atoms with Crippen LogP contribution in [0.2, 0.25) is 0 Å². The van der Waals surface area contributed by atoms with E-state index in [1.54, 1.807) is 0 Å². The number of hydrogen-bond donors (Lipinski definition) is 2. The van der Waals surface area contributed by atoms with E-state index in [4.69, 9.17) is 0 Å². The Kier molecular flexibility index (Phi) is 2.85. The van der Waals surface area contributed by atoms with E-state index in [1.165, 1.54) is 11.1 Å². The van der Waals surface area contributed by atoms with Gasteiger partial charge in [-0.3, -0.25) is 9.59 Å². The summed E-state index contributed by atoms with van der Waals surface area (Å²) in [6.45, 7) is 3.36. The zero-order chi connectivity index (χ0) is 13.4. The Hall–Kier alpha value is -2.10. The quantitative estimate of drug-likeness (QED) is 0.781. The summed E-state index contributed by atoms with van der Waals surface area (Å²) in [6, 6.07) is 8.64. The van der Waals surface area contributed by atoms with Gasteiger partial charge in [-0.1, -0.05) is 30.8 Å². The predicted molar refractivity (Wildman–Crippen MR) is 71.5 cm³/mol. The molecule has 3 rings (SSSR count). The number of fused-ring (bicyclic) bond motifs is 3. The summed E-state index contributed by atoms with van der Waals surface area (Å²) in [5.41, 5.74) is 2.77. The minimum atomic E-state index is -0.323. The number of rotatable bonds is 4. The average Bonchev–Trinajstić information content (AvgIpc) is 2.94. The van der Waals surface area contributed by atoms with Gasteiger partial charge in [0, 0.05) is 12.0 Å². The fourth-order valence-electron chi connectivity index (χ4n) is 3.02. The molecule has 0 spiro atoms. The highest BCUT2D eigenvalue weighted by atomic mass is 16.2. The average molecular weight is 256 g/mol. The van der Waals surface area contributed by atoms with Crippen molar-refractivity contribution < 1.29 is 9.59 Å². The summed E-state index contributed by atoms with van der Waals surface area (Å²) in [6.07, 6.45) is 2.21. The zero-order valence-corrected chi connectivity index (χ0v) is 10.6. The second-order valence-corrected chi connectivity index (χ2v) is 5.11. The van der Waals surface area contributed by atoms with E-state index in [9.17, 15) is 9.59 Å². The van der Waals surface area contributed by atoms with E-state index >= 15 is 0 Å². The van der Waals surface area contributed by atoms with Crippen LogP contribution >= 0.6 is 0 Å². The van der Waals surface area contributed by atoms with Gasteiger partial charge in [-0.2, -0.15) is 0 Å². The van der Waals surface area contributed by atoms with Crippen molar-refractivity contribution in [1.29, 1.82) is 0 Å². The van der Waals surface area contributed by atoms with E-state index in [0.29, 0.717) is 11.8 Å². The van der Waals surface area contributed by atoms with E-state index < -0.39 is 0 Å². The SMILES string of the molecule is C=CC(=O)NCC(=O)N[C@@H]1[C@H]2Cc3ccccc3[C@H]21. The molecule has 0 unspecified atom stereocenters. The highest BCUT2D eigenvalue weighted by Crippen LogP contribution is 2.56. The molecule has 1 fully saturated rings. The summed E-state index contributed by atoms with van der Waals surface area (Å²) in [5.74, 6) is 0.551. The van der Waals surface area contributed by atoms with Gasteiger partial charge in [0.05, 0.1) is 6.54 Å². The first-order valence-electron chi connectivity index (χ1n) is 6.48. The normalized spacial score (nSPS) is 26.0. The van der Waals surface area contributed by atoms with Crippen LogP contribution in [0, 0.1) is 5.92 Å². The minimum Gasteiger partial charge on any atom is -0.351 e. The third-order valence-electron chi connectivity index (χ3n) is 3.97. The molecule has 2 amide bonds. The van der Waals surface area contributed by atoms with Crippen molar-refractivity contribution in [3.63, 3.8) is 0 Å². The Morgan fingerprint density at radius 3 is 2.95 bits per heavy atom. The number of hydrogen-bond acceptors (Lipinski definition) is 2. The molecule has 2 aliphatic rings. The summed E-state index contributed by atoms with van der Waals surface area (Å²) in [5, 5.41) is 5.47. The van der Waals surface area contributed by atoms with Crippen LogP contribution in [0.15, 0.2) is 36.9 Å². The van der Waals surface area contributed by atoms with Gasteiger partial charge in [-0.25, -0.2) is 0 Å². The molecule has 4 heteroatoms. The third kappa shape index (κ3) is 2.14. The van der Waals surface area contributed by atoms with Crippen LogP contribution < -0.4 is 10.6 Å². The smallest absolute Gasteiger partial charge is 0.243 e. The third-order valence-corrected chi connectivity index (χ3v) is 3.97. The van der Waals surface area contributed by atoms with Gasteiger partial charge in [0.25, 0.3) is 0 Å². The molecule has 0 bridgehead atoms. The van der Waals surface area contributed by atoms with Gasteiger partial charge >= 0.3 is 0 Å². The van der Waals surface area contributed by atoms with Gasteiger partial charge in [0.15, 0.2) is 0 Å². The lowest BCUT2D eigenvalue weighted by atomic mass is 10.1. The molecule has 1 aromatic rings. The topological polar surface area (TPSA) is 58.2 Å². The number of benzene rings is 1. The molecule has 1 aromatic carbocycles. The molecule has 2 aliphatic carbocycles. The molecule has 0 aromatic heterocycles. The second-order valence-electron chi connectivity index (χ2n) is 5.11. The lowest BCUT2D eigenvalue weighted by molar-refractivity contribution is -0.124. The molecule has 4 nitrogen and oxygen atoms in total. The fraction of sp³-hybridized carbons (Fsp3) is 0.333. The van der Waals surface area contributed by atoms with Gasteiger partial charge in [0.2, 0.25) is 11.8 Å². The summed E-state index contributed by atoms with van der Waals surface area (Å²) in [7, 11) is 0. The molecule has 19 heavy (non-hydrogen) atoms. The van der Waals surface area contributed by atoms with Crippen LogP contribution in [0.1, 0.15) is 17.0 Å².